The molecule has 0 saturated carbocycles. The fraction of sp³-hybridized carbons (Fsp3) is 0.188. The molecule has 138 valence electrons. The maximum atomic E-state index is 12.4. The van der Waals surface area contributed by atoms with Crippen molar-refractivity contribution in [2.24, 2.45) is 10.9 Å². The minimum atomic E-state index is -3.88. The van der Waals surface area contributed by atoms with Crippen LogP contribution in [-0.4, -0.2) is 32.2 Å². The molecule has 6 N–H and O–H groups in total. The largest absolute Gasteiger partial charge is 0.377 e. The fourth-order valence-electron chi connectivity index (χ4n) is 3.07. The number of aliphatic hydroxyl groups is 1. The molecule has 0 radical (unpaired) electrons. The number of nitrogens with zero attached hydrogens (tertiary/aromatic N) is 1. The molecule has 0 aromatic heterocycles. The Labute approximate surface area is 155 Å². The lowest BCUT2D eigenvalue weighted by molar-refractivity contribution is -0.124. The van der Waals surface area contributed by atoms with Crippen LogP contribution in [0.4, 0.5) is 5.69 Å². The molecule has 1 aliphatic rings. The predicted molar refractivity (Wildman–Crippen MR) is 96.6 cm³/mol. The third-order valence-electron chi connectivity index (χ3n) is 4.23. The van der Waals surface area contributed by atoms with E-state index >= 15 is 0 Å². The smallest absolute Gasteiger partial charge is 0.263 e. The van der Waals surface area contributed by atoms with E-state index < -0.39 is 27.8 Å². The van der Waals surface area contributed by atoms with E-state index in [1.165, 1.54) is 24.3 Å². The Balaban J connectivity index is 2.13. The number of primary amides is 1. The summed E-state index contributed by atoms with van der Waals surface area (Å²) in [5, 5.41) is 18.6. The topological polar surface area (TPSA) is 139 Å². The molecule has 1 aliphatic heterocycles. The molecule has 1 fully saturated rings. The summed E-state index contributed by atoms with van der Waals surface area (Å²) in [5.74, 6) is -0.757. The van der Waals surface area contributed by atoms with Gasteiger partial charge in [-0.2, -0.15) is 0 Å². The number of carbonyl (C=O) groups excluding carboxylic acids is 1. The quantitative estimate of drug-likeness (QED) is 0.576. The van der Waals surface area contributed by atoms with Crippen molar-refractivity contribution in [3.63, 3.8) is 0 Å². The molecule has 8 nitrogen and oxygen atoms in total. The molecule has 2 aromatic carbocycles. The SMILES string of the molecule is NC(=O)C1(c2ccc(S(N)(=O)=O)cc2)NC(O)CN1c1ccc(Cl)cc1. The van der Waals surface area contributed by atoms with Gasteiger partial charge in [-0.3, -0.25) is 10.1 Å². The first-order chi connectivity index (χ1) is 12.1. The van der Waals surface area contributed by atoms with Crippen molar-refractivity contribution < 1.29 is 18.3 Å². The normalized spacial score (nSPS) is 23.2. The molecule has 1 heterocycles. The van der Waals surface area contributed by atoms with Gasteiger partial charge in [0.1, 0.15) is 6.23 Å². The van der Waals surface area contributed by atoms with Gasteiger partial charge in [-0.15, -0.1) is 0 Å². The first-order valence-corrected chi connectivity index (χ1v) is 9.49. The second-order valence-corrected chi connectivity index (χ2v) is 7.89. The zero-order chi connectivity index (χ0) is 19.1. The number of anilines is 1. The molecule has 0 aliphatic carbocycles. The first kappa shape index (κ1) is 18.6. The number of rotatable bonds is 4. The highest BCUT2D eigenvalue weighted by Crippen LogP contribution is 2.36. The van der Waals surface area contributed by atoms with Gasteiger partial charge < -0.3 is 15.7 Å². The van der Waals surface area contributed by atoms with Gasteiger partial charge in [-0.1, -0.05) is 23.7 Å². The van der Waals surface area contributed by atoms with Gasteiger partial charge in [-0.25, -0.2) is 13.6 Å². The van der Waals surface area contributed by atoms with Gasteiger partial charge in [0, 0.05) is 16.3 Å². The van der Waals surface area contributed by atoms with Gasteiger partial charge in [0.05, 0.1) is 11.4 Å². The second-order valence-electron chi connectivity index (χ2n) is 5.89. The lowest BCUT2D eigenvalue weighted by Crippen LogP contribution is -2.58. The Morgan fingerprint density at radius 3 is 2.27 bits per heavy atom. The predicted octanol–water partition coefficient (Wildman–Crippen LogP) is 0.0537. The maximum Gasteiger partial charge on any atom is 0.263 e. The van der Waals surface area contributed by atoms with Crippen LogP contribution in [0.15, 0.2) is 53.4 Å². The van der Waals surface area contributed by atoms with Crippen molar-refractivity contribution in [1.82, 2.24) is 5.32 Å². The monoisotopic (exact) mass is 396 g/mol. The molecular formula is C16H17ClN4O4S. The van der Waals surface area contributed by atoms with E-state index in [9.17, 15) is 18.3 Å². The van der Waals surface area contributed by atoms with E-state index in [4.69, 9.17) is 22.5 Å². The highest BCUT2D eigenvalue weighted by atomic mass is 35.5. The number of nitrogens with one attached hydrogen (secondary N) is 1. The van der Waals surface area contributed by atoms with E-state index in [0.29, 0.717) is 16.3 Å². The third kappa shape index (κ3) is 3.15. The van der Waals surface area contributed by atoms with Gasteiger partial charge >= 0.3 is 0 Å². The summed E-state index contributed by atoms with van der Waals surface area (Å²) in [6.07, 6.45) is -1.03. The van der Waals surface area contributed by atoms with Crippen molar-refractivity contribution in [2.45, 2.75) is 16.8 Å². The molecule has 2 atom stereocenters. The number of β-amino-alcohol motifs (C(OH)–C–C–N with tert-alkyl or cyclic N) is 1. The van der Waals surface area contributed by atoms with E-state index in [2.05, 4.69) is 5.32 Å². The molecule has 26 heavy (non-hydrogen) atoms. The summed E-state index contributed by atoms with van der Waals surface area (Å²) < 4.78 is 22.9. The second kappa shape index (κ2) is 6.53. The summed E-state index contributed by atoms with van der Waals surface area (Å²) in [6, 6.07) is 12.1. The van der Waals surface area contributed by atoms with Crippen LogP contribution in [0.3, 0.4) is 0 Å². The number of amides is 1. The van der Waals surface area contributed by atoms with Crippen LogP contribution in [-0.2, 0) is 20.5 Å². The average molecular weight is 397 g/mol. The van der Waals surface area contributed by atoms with E-state index in [-0.39, 0.29) is 11.4 Å². The number of halogens is 1. The van der Waals surface area contributed by atoms with Crippen LogP contribution < -0.4 is 21.1 Å². The molecule has 10 heteroatoms. The lowest BCUT2D eigenvalue weighted by atomic mass is 9.97. The minimum Gasteiger partial charge on any atom is -0.377 e. The standard InChI is InChI=1S/C16H17ClN4O4S/c17-11-3-5-12(6-4-11)21-9-14(22)20-16(21,15(18)23)10-1-7-13(8-2-10)26(19,24)25/h1-8,14,20,22H,9H2,(H2,18,23)(H2,19,24,25). The molecule has 0 spiro atoms. The van der Waals surface area contributed by atoms with Crippen molar-refractivity contribution in [2.75, 3.05) is 11.4 Å². The Kier molecular flexibility index (Phi) is 4.67. The number of hydrogen-bond acceptors (Lipinski definition) is 6. The van der Waals surface area contributed by atoms with Gasteiger partial charge in [0.15, 0.2) is 0 Å². The van der Waals surface area contributed by atoms with Crippen molar-refractivity contribution in [1.29, 1.82) is 0 Å². The van der Waals surface area contributed by atoms with Crippen molar-refractivity contribution in [3.05, 3.63) is 59.1 Å². The maximum absolute atomic E-state index is 12.4. The number of nitrogens with two attached hydrogens (primary N) is 2. The number of aliphatic hydroxyl groups excluding tert-OH is 1. The number of benzene rings is 2. The summed E-state index contributed by atoms with van der Waals surface area (Å²) >= 11 is 5.91. The Bertz CT molecular complexity index is 934. The van der Waals surface area contributed by atoms with Crippen LogP contribution in [0.5, 0.6) is 0 Å². The van der Waals surface area contributed by atoms with E-state index in [1.807, 2.05) is 0 Å². The highest BCUT2D eigenvalue weighted by Gasteiger charge is 2.51. The Hall–Kier alpha value is -2.17. The highest BCUT2D eigenvalue weighted by molar-refractivity contribution is 7.89. The van der Waals surface area contributed by atoms with Gasteiger partial charge in [0.25, 0.3) is 5.91 Å². The molecule has 0 bridgehead atoms. The molecule has 2 aromatic rings. The average Bonchev–Trinajstić information content (AvgIpc) is 2.93. The van der Waals surface area contributed by atoms with Crippen LogP contribution in [0.25, 0.3) is 0 Å². The van der Waals surface area contributed by atoms with E-state index in [0.717, 1.165) is 0 Å². The lowest BCUT2D eigenvalue weighted by Gasteiger charge is -2.37. The molecular weight excluding hydrogens is 380 g/mol. The van der Waals surface area contributed by atoms with Crippen molar-refractivity contribution in [3.8, 4) is 0 Å². The van der Waals surface area contributed by atoms with Gasteiger partial charge in [-0.05, 0) is 36.4 Å². The van der Waals surface area contributed by atoms with Crippen LogP contribution in [0.1, 0.15) is 5.56 Å². The summed E-state index contributed by atoms with van der Waals surface area (Å²) in [4.78, 5) is 13.9. The zero-order valence-electron chi connectivity index (χ0n) is 13.5. The van der Waals surface area contributed by atoms with Crippen LogP contribution in [0.2, 0.25) is 5.02 Å². The van der Waals surface area contributed by atoms with E-state index in [1.54, 1.807) is 29.2 Å². The molecule has 3 rings (SSSR count). The number of carbonyl (C=O) groups is 1. The zero-order valence-corrected chi connectivity index (χ0v) is 15.0. The number of hydrogen-bond donors (Lipinski definition) is 4. The summed E-state index contributed by atoms with van der Waals surface area (Å²) in [7, 11) is -3.88. The third-order valence-corrected chi connectivity index (χ3v) is 5.41. The molecule has 1 saturated heterocycles. The minimum absolute atomic E-state index is 0.0848. The fourth-order valence-corrected chi connectivity index (χ4v) is 3.71. The Morgan fingerprint density at radius 1 is 1.19 bits per heavy atom. The van der Waals surface area contributed by atoms with Crippen LogP contribution in [0, 0.1) is 0 Å². The van der Waals surface area contributed by atoms with Crippen molar-refractivity contribution >= 4 is 33.2 Å². The molecule has 2 unspecified atom stereocenters. The summed E-state index contributed by atoms with van der Waals surface area (Å²) in [5.41, 5.74) is 5.09. The Morgan fingerprint density at radius 2 is 1.77 bits per heavy atom. The van der Waals surface area contributed by atoms with Gasteiger partial charge in [0.2, 0.25) is 15.7 Å². The molecule has 1 amide bonds. The number of sulfonamides is 1. The number of primary sulfonamides is 1. The van der Waals surface area contributed by atoms with Crippen LogP contribution >= 0.6 is 11.6 Å². The summed E-state index contributed by atoms with van der Waals surface area (Å²) in [6.45, 7) is 0.0848. The first-order valence-electron chi connectivity index (χ1n) is 7.57.